The molecule has 2 heterocycles. The zero-order valence-corrected chi connectivity index (χ0v) is 13.7. The maximum Gasteiger partial charge on any atom is 0.0995 e. The number of hydrogen-bond donors (Lipinski definition) is 1. The fourth-order valence-corrected chi connectivity index (χ4v) is 3.94. The van der Waals surface area contributed by atoms with E-state index in [9.17, 15) is 0 Å². The van der Waals surface area contributed by atoms with Crippen LogP contribution in [0.2, 0.25) is 0 Å². The number of nitrogens with zero attached hydrogens (tertiary/aromatic N) is 2. The quantitative estimate of drug-likeness (QED) is 0.776. The summed E-state index contributed by atoms with van der Waals surface area (Å²) in [5.74, 6) is 0. The second-order valence-electron chi connectivity index (χ2n) is 4.81. The van der Waals surface area contributed by atoms with Crippen LogP contribution in [-0.4, -0.2) is 17.0 Å². The topological polar surface area (TPSA) is 37.8 Å². The van der Waals surface area contributed by atoms with Gasteiger partial charge in [-0.1, -0.05) is 30.3 Å². The molecule has 0 radical (unpaired) electrons. The molecule has 0 spiro atoms. The number of nitrogens with one attached hydrogen (secondary N) is 1. The minimum atomic E-state index is 0.789. The first-order valence-electron chi connectivity index (χ1n) is 6.86. The molecule has 0 bridgehead atoms. The molecule has 108 valence electrons. The van der Waals surface area contributed by atoms with Crippen molar-refractivity contribution in [3.63, 3.8) is 0 Å². The molecule has 3 aromatic rings. The zero-order valence-electron chi connectivity index (χ0n) is 12.1. The predicted molar refractivity (Wildman–Crippen MR) is 90.0 cm³/mol. The van der Waals surface area contributed by atoms with E-state index < -0.39 is 0 Å². The number of rotatable bonds is 5. The summed E-state index contributed by atoms with van der Waals surface area (Å²) in [6, 6.07) is 10.5. The Labute approximate surface area is 132 Å². The summed E-state index contributed by atoms with van der Waals surface area (Å²) in [4.78, 5) is 10.6. The minimum Gasteiger partial charge on any atom is -0.314 e. The number of aromatic nitrogens is 2. The molecule has 0 saturated carbocycles. The van der Waals surface area contributed by atoms with Gasteiger partial charge >= 0.3 is 0 Å². The van der Waals surface area contributed by atoms with Crippen LogP contribution in [-0.2, 0) is 13.0 Å². The Hall–Kier alpha value is -1.56. The smallest absolute Gasteiger partial charge is 0.0995 e. The molecule has 0 atom stereocenters. The Balaban J connectivity index is 1.92. The van der Waals surface area contributed by atoms with Crippen LogP contribution in [0.15, 0.2) is 35.7 Å². The highest BCUT2D eigenvalue weighted by atomic mass is 32.1. The van der Waals surface area contributed by atoms with Crippen molar-refractivity contribution in [1.82, 2.24) is 15.3 Å². The van der Waals surface area contributed by atoms with E-state index in [0.29, 0.717) is 0 Å². The monoisotopic (exact) mass is 315 g/mol. The molecule has 0 unspecified atom stereocenters. The molecule has 1 N–H and O–H groups in total. The lowest BCUT2D eigenvalue weighted by molar-refractivity contribution is 0.794. The highest BCUT2D eigenvalue weighted by molar-refractivity contribution is 7.15. The van der Waals surface area contributed by atoms with Crippen molar-refractivity contribution >= 4 is 22.7 Å². The van der Waals surface area contributed by atoms with Crippen molar-refractivity contribution in [3.05, 3.63) is 57.1 Å². The van der Waals surface area contributed by atoms with Gasteiger partial charge in [-0.25, -0.2) is 9.97 Å². The van der Waals surface area contributed by atoms with Gasteiger partial charge in [0.15, 0.2) is 0 Å². The molecule has 1 aromatic carbocycles. The molecule has 0 fully saturated rings. The van der Waals surface area contributed by atoms with Crippen LogP contribution in [0.3, 0.4) is 0 Å². The summed E-state index contributed by atoms with van der Waals surface area (Å²) < 4.78 is 0. The number of hydrogen-bond acceptors (Lipinski definition) is 5. The second-order valence-corrected chi connectivity index (χ2v) is 6.96. The first-order chi connectivity index (χ1) is 10.3. The summed E-state index contributed by atoms with van der Waals surface area (Å²) in [5, 5.41) is 7.57. The van der Waals surface area contributed by atoms with E-state index in [1.807, 2.05) is 20.0 Å². The Morgan fingerprint density at radius 3 is 2.62 bits per heavy atom. The molecule has 5 heteroatoms. The van der Waals surface area contributed by atoms with Crippen molar-refractivity contribution in [1.29, 1.82) is 0 Å². The van der Waals surface area contributed by atoms with Gasteiger partial charge in [-0.2, -0.15) is 0 Å². The van der Waals surface area contributed by atoms with Crippen molar-refractivity contribution in [2.75, 3.05) is 7.05 Å². The van der Waals surface area contributed by atoms with Gasteiger partial charge < -0.3 is 5.32 Å². The van der Waals surface area contributed by atoms with Crippen LogP contribution in [0, 0.1) is 6.92 Å². The van der Waals surface area contributed by atoms with Crippen LogP contribution in [0.1, 0.15) is 21.4 Å². The van der Waals surface area contributed by atoms with Crippen LogP contribution in [0.25, 0.3) is 10.4 Å². The molecule has 21 heavy (non-hydrogen) atoms. The van der Waals surface area contributed by atoms with Crippen molar-refractivity contribution in [2.45, 2.75) is 19.9 Å². The minimum absolute atomic E-state index is 0.789. The van der Waals surface area contributed by atoms with Crippen LogP contribution >= 0.6 is 22.7 Å². The van der Waals surface area contributed by atoms with E-state index in [1.165, 1.54) is 10.4 Å². The molecule has 0 amide bonds. The fourth-order valence-electron chi connectivity index (χ4n) is 2.22. The number of benzene rings is 1. The van der Waals surface area contributed by atoms with Crippen LogP contribution in [0.5, 0.6) is 0 Å². The van der Waals surface area contributed by atoms with Gasteiger partial charge in [0, 0.05) is 18.3 Å². The van der Waals surface area contributed by atoms with Gasteiger partial charge in [0.1, 0.15) is 0 Å². The van der Waals surface area contributed by atoms with Gasteiger partial charge in [0.25, 0.3) is 0 Å². The van der Waals surface area contributed by atoms with E-state index in [0.717, 1.165) is 34.4 Å². The lowest BCUT2D eigenvalue weighted by Gasteiger charge is -2.00. The summed E-state index contributed by atoms with van der Waals surface area (Å²) in [6.45, 7) is 2.83. The van der Waals surface area contributed by atoms with Gasteiger partial charge in [-0.3, -0.25) is 0 Å². The molecule has 0 saturated heterocycles. The first-order valence-corrected chi connectivity index (χ1v) is 8.55. The SMILES string of the molecule is CNCc1nc(Cc2csc(C)n2)sc1-c1ccccc1. The zero-order chi connectivity index (χ0) is 14.7. The Kier molecular flexibility index (Phi) is 4.43. The standard InChI is InChI=1S/C16H17N3S2/c1-11-18-13(10-20-11)8-15-19-14(9-17-2)16(21-15)12-6-4-3-5-7-12/h3-7,10,17H,8-9H2,1-2H3. The Morgan fingerprint density at radius 2 is 1.95 bits per heavy atom. The van der Waals surface area contributed by atoms with E-state index in [2.05, 4.69) is 39.9 Å². The molecular weight excluding hydrogens is 298 g/mol. The van der Waals surface area contributed by atoms with Gasteiger partial charge in [0.2, 0.25) is 0 Å². The van der Waals surface area contributed by atoms with Gasteiger partial charge in [-0.15, -0.1) is 22.7 Å². The second kappa shape index (κ2) is 6.47. The third kappa shape index (κ3) is 3.37. The van der Waals surface area contributed by atoms with E-state index in [1.54, 1.807) is 22.7 Å². The average Bonchev–Trinajstić information content (AvgIpc) is 3.07. The van der Waals surface area contributed by atoms with E-state index in [-0.39, 0.29) is 0 Å². The average molecular weight is 315 g/mol. The summed E-state index contributed by atoms with van der Waals surface area (Å²) in [6.07, 6.45) is 0.818. The maximum atomic E-state index is 4.80. The van der Waals surface area contributed by atoms with Crippen LogP contribution < -0.4 is 5.32 Å². The first kappa shape index (κ1) is 14.4. The highest BCUT2D eigenvalue weighted by Gasteiger charge is 2.13. The lowest BCUT2D eigenvalue weighted by atomic mass is 10.1. The van der Waals surface area contributed by atoms with Crippen LogP contribution in [0.4, 0.5) is 0 Å². The molecule has 0 aliphatic heterocycles. The largest absolute Gasteiger partial charge is 0.314 e. The number of aryl methyl sites for hydroxylation is 1. The van der Waals surface area contributed by atoms with E-state index >= 15 is 0 Å². The molecule has 2 aromatic heterocycles. The van der Waals surface area contributed by atoms with Crippen molar-refractivity contribution in [3.8, 4) is 10.4 Å². The Morgan fingerprint density at radius 1 is 1.14 bits per heavy atom. The third-order valence-corrected chi connectivity index (χ3v) is 5.09. The maximum absolute atomic E-state index is 4.80. The normalized spacial score (nSPS) is 11.0. The highest BCUT2D eigenvalue weighted by Crippen LogP contribution is 2.31. The molecular formula is C16H17N3S2. The molecule has 0 aliphatic carbocycles. The van der Waals surface area contributed by atoms with E-state index in [4.69, 9.17) is 4.98 Å². The van der Waals surface area contributed by atoms with Crippen molar-refractivity contribution in [2.24, 2.45) is 0 Å². The summed E-state index contributed by atoms with van der Waals surface area (Å²) in [7, 11) is 1.96. The molecule has 3 nitrogen and oxygen atoms in total. The number of thiazole rings is 2. The van der Waals surface area contributed by atoms with Crippen molar-refractivity contribution < 1.29 is 0 Å². The molecule has 3 rings (SSSR count). The lowest BCUT2D eigenvalue weighted by Crippen LogP contribution is -2.06. The van der Waals surface area contributed by atoms with Gasteiger partial charge in [-0.05, 0) is 19.5 Å². The predicted octanol–water partition coefficient (Wildman–Crippen LogP) is 3.89. The summed E-state index contributed by atoms with van der Waals surface area (Å²) >= 11 is 3.46. The molecule has 0 aliphatic rings. The van der Waals surface area contributed by atoms with Gasteiger partial charge in [0.05, 0.1) is 26.3 Å². The Bertz CT molecular complexity index is 716. The summed E-state index contributed by atoms with van der Waals surface area (Å²) in [5.41, 5.74) is 3.47. The fraction of sp³-hybridized carbons (Fsp3) is 0.250. The third-order valence-electron chi connectivity index (χ3n) is 3.12.